The van der Waals surface area contributed by atoms with Crippen LogP contribution in [0.2, 0.25) is 0 Å². The van der Waals surface area contributed by atoms with Crippen molar-refractivity contribution in [1.82, 2.24) is 19.7 Å². The Kier molecular flexibility index (Phi) is 4.70. The first-order valence-electron chi connectivity index (χ1n) is 7.85. The average molecular weight is 351 g/mol. The summed E-state index contributed by atoms with van der Waals surface area (Å²) in [6, 6.07) is 9.98. The van der Waals surface area contributed by atoms with Gasteiger partial charge in [-0.05, 0) is 26.8 Å². The third-order valence-corrected chi connectivity index (χ3v) is 3.69. The largest absolute Gasteiger partial charge is 0.270 e. The molecular formula is C17H17N7O2. The lowest BCUT2D eigenvalue weighted by Crippen LogP contribution is -2.05. The van der Waals surface area contributed by atoms with Crippen molar-refractivity contribution in [3.63, 3.8) is 0 Å². The number of anilines is 1. The summed E-state index contributed by atoms with van der Waals surface area (Å²) < 4.78 is 1.72. The second-order valence-electron chi connectivity index (χ2n) is 5.72. The van der Waals surface area contributed by atoms with Crippen molar-refractivity contribution >= 4 is 17.2 Å². The van der Waals surface area contributed by atoms with Gasteiger partial charge in [-0.2, -0.15) is 10.2 Å². The van der Waals surface area contributed by atoms with Crippen molar-refractivity contribution < 1.29 is 4.92 Å². The molecule has 0 aliphatic rings. The smallest absolute Gasteiger partial charge is 0.261 e. The Labute approximate surface area is 149 Å². The molecule has 0 atom stereocenters. The topological polar surface area (TPSA) is 111 Å². The zero-order valence-corrected chi connectivity index (χ0v) is 14.5. The second kappa shape index (κ2) is 7.09. The first-order chi connectivity index (χ1) is 12.4. The summed E-state index contributed by atoms with van der Waals surface area (Å²) in [5.41, 5.74) is 5.98. The van der Waals surface area contributed by atoms with Gasteiger partial charge in [0.1, 0.15) is 6.33 Å². The monoisotopic (exact) mass is 351 g/mol. The Bertz CT molecular complexity index is 994. The minimum Gasteiger partial charge on any atom is -0.261 e. The minimum absolute atomic E-state index is 0.0194. The summed E-state index contributed by atoms with van der Waals surface area (Å²) in [5.74, 6) is 1.11. The number of rotatable bonds is 5. The van der Waals surface area contributed by atoms with Crippen LogP contribution in [0.25, 0.3) is 5.82 Å². The van der Waals surface area contributed by atoms with E-state index >= 15 is 0 Å². The van der Waals surface area contributed by atoms with Crippen LogP contribution in [0.4, 0.5) is 11.5 Å². The predicted octanol–water partition coefficient (Wildman–Crippen LogP) is 3.02. The molecule has 0 unspecified atom stereocenters. The Morgan fingerprint density at radius 3 is 2.73 bits per heavy atom. The molecule has 2 heterocycles. The lowest BCUT2D eigenvalue weighted by atomic mass is 10.1. The number of nitrogens with one attached hydrogen (secondary N) is 1. The van der Waals surface area contributed by atoms with Gasteiger partial charge in [0.15, 0.2) is 11.6 Å². The van der Waals surface area contributed by atoms with Gasteiger partial charge in [0.05, 0.1) is 16.3 Å². The Morgan fingerprint density at radius 1 is 1.23 bits per heavy atom. The van der Waals surface area contributed by atoms with Gasteiger partial charge in [-0.3, -0.25) is 15.5 Å². The maximum absolute atomic E-state index is 10.9. The van der Waals surface area contributed by atoms with Crippen LogP contribution >= 0.6 is 0 Å². The van der Waals surface area contributed by atoms with E-state index in [1.165, 1.54) is 18.5 Å². The van der Waals surface area contributed by atoms with E-state index in [2.05, 4.69) is 25.6 Å². The SMILES string of the molecule is C/C(=N/Nc1cc(-n2nc(C)cc2C)ncn1)c1cccc([N+](=O)[O-])c1. The molecule has 0 bridgehead atoms. The molecule has 9 nitrogen and oxygen atoms in total. The molecule has 1 aromatic carbocycles. The molecule has 0 radical (unpaired) electrons. The second-order valence-corrected chi connectivity index (χ2v) is 5.72. The van der Waals surface area contributed by atoms with E-state index in [9.17, 15) is 10.1 Å². The molecule has 0 aliphatic heterocycles. The Morgan fingerprint density at radius 2 is 2.04 bits per heavy atom. The van der Waals surface area contributed by atoms with Gasteiger partial charge >= 0.3 is 0 Å². The minimum atomic E-state index is -0.435. The molecule has 0 aliphatic carbocycles. The molecule has 3 rings (SSSR count). The van der Waals surface area contributed by atoms with Crippen LogP contribution in [-0.2, 0) is 0 Å². The molecule has 0 amide bonds. The van der Waals surface area contributed by atoms with Crippen LogP contribution in [0.1, 0.15) is 23.9 Å². The summed E-state index contributed by atoms with van der Waals surface area (Å²) in [7, 11) is 0. The van der Waals surface area contributed by atoms with Crippen LogP contribution < -0.4 is 5.43 Å². The summed E-state index contributed by atoms with van der Waals surface area (Å²) >= 11 is 0. The average Bonchev–Trinajstić information content (AvgIpc) is 2.98. The number of aromatic nitrogens is 4. The fourth-order valence-corrected chi connectivity index (χ4v) is 2.44. The Hall–Kier alpha value is -3.62. The van der Waals surface area contributed by atoms with Crippen molar-refractivity contribution in [3.8, 4) is 5.82 Å². The van der Waals surface area contributed by atoms with E-state index in [1.54, 1.807) is 29.8 Å². The molecule has 2 aromatic heterocycles. The molecule has 0 spiro atoms. The summed E-state index contributed by atoms with van der Waals surface area (Å²) in [6.45, 7) is 5.62. The maximum Gasteiger partial charge on any atom is 0.270 e. The van der Waals surface area contributed by atoms with Crippen molar-refractivity contribution in [2.24, 2.45) is 5.10 Å². The van der Waals surface area contributed by atoms with Gasteiger partial charge in [0.2, 0.25) is 0 Å². The van der Waals surface area contributed by atoms with E-state index in [-0.39, 0.29) is 5.69 Å². The summed E-state index contributed by atoms with van der Waals surface area (Å²) in [5, 5.41) is 19.5. The molecule has 0 saturated carbocycles. The quantitative estimate of drug-likeness (QED) is 0.430. The van der Waals surface area contributed by atoms with E-state index in [0.717, 1.165) is 11.4 Å². The number of benzene rings is 1. The van der Waals surface area contributed by atoms with Crippen LogP contribution in [0.15, 0.2) is 47.8 Å². The number of hydrogen-bond donors (Lipinski definition) is 1. The van der Waals surface area contributed by atoms with Crippen LogP contribution in [0.5, 0.6) is 0 Å². The zero-order chi connectivity index (χ0) is 18.7. The van der Waals surface area contributed by atoms with Crippen molar-refractivity contribution in [3.05, 3.63) is 69.8 Å². The first kappa shape index (κ1) is 17.2. The lowest BCUT2D eigenvalue weighted by Gasteiger charge is -2.06. The molecular weight excluding hydrogens is 334 g/mol. The van der Waals surface area contributed by atoms with Gasteiger partial charge in [-0.25, -0.2) is 14.6 Å². The predicted molar refractivity (Wildman–Crippen MR) is 97.6 cm³/mol. The van der Waals surface area contributed by atoms with E-state index in [4.69, 9.17) is 0 Å². The Balaban J connectivity index is 1.82. The summed E-state index contributed by atoms with van der Waals surface area (Å²) in [4.78, 5) is 18.8. The third-order valence-electron chi connectivity index (χ3n) is 3.69. The number of nitro benzene ring substituents is 1. The van der Waals surface area contributed by atoms with Gasteiger partial charge in [0.25, 0.3) is 5.69 Å². The van der Waals surface area contributed by atoms with Gasteiger partial charge in [-0.15, -0.1) is 0 Å². The molecule has 26 heavy (non-hydrogen) atoms. The fourth-order valence-electron chi connectivity index (χ4n) is 2.44. The third kappa shape index (κ3) is 3.72. The van der Waals surface area contributed by atoms with Gasteiger partial charge in [-0.1, -0.05) is 12.1 Å². The zero-order valence-electron chi connectivity index (χ0n) is 14.5. The highest BCUT2D eigenvalue weighted by Crippen LogP contribution is 2.15. The molecule has 0 saturated heterocycles. The normalized spacial score (nSPS) is 11.4. The maximum atomic E-state index is 10.9. The standard InChI is InChI=1S/C17H17N7O2/c1-11-7-12(2)23(22-11)17-9-16(18-10-19-17)21-20-13(3)14-5-4-6-15(8-14)24(25)26/h4-10H,1-3H3,(H,18,19,21)/b20-13-. The van der Waals surface area contributed by atoms with E-state index in [1.807, 2.05) is 19.9 Å². The molecule has 3 aromatic rings. The van der Waals surface area contributed by atoms with E-state index < -0.39 is 4.92 Å². The first-order valence-corrected chi connectivity index (χ1v) is 7.85. The van der Waals surface area contributed by atoms with Crippen LogP contribution in [0.3, 0.4) is 0 Å². The van der Waals surface area contributed by atoms with Crippen LogP contribution in [-0.4, -0.2) is 30.4 Å². The lowest BCUT2D eigenvalue weighted by molar-refractivity contribution is -0.384. The number of non-ortho nitro benzene ring substituents is 1. The van der Waals surface area contributed by atoms with Crippen LogP contribution in [0, 0.1) is 24.0 Å². The van der Waals surface area contributed by atoms with E-state index in [0.29, 0.717) is 22.9 Å². The van der Waals surface area contributed by atoms with Crippen molar-refractivity contribution in [2.45, 2.75) is 20.8 Å². The van der Waals surface area contributed by atoms with Crippen molar-refractivity contribution in [2.75, 3.05) is 5.43 Å². The summed E-state index contributed by atoms with van der Waals surface area (Å²) in [6.07, 6.45) is 1.42. The number of hydrazone groups is 1. The van der Waals surface area contributed by atoms with Gasteiger partial charge in [0, 0.05) is 29.5 Å². The van der Waals surface area contributed by atoms with Crippen molar-refractivity contribution in [1.29, 1.82) is 0 Å². The number of nitro groups is 1. The molecule has 0 fully saturated rings. The number of hydrogen-bond acceptors (Lipinski definition) is 7. The highest BCUT2D eigenvalue weighted by molar-refractivity contribution is 5.99. The fraction of sp³-hybridized carbons (Fsp3) is 0.176. The van der Waals surface area contributed by atoms with Gasteiger partial charge < -0.3 is 0 Å². The highest BCUT2D eigenvalue weighted by atomic mass is 16.6. The molecule has 132 valence electrons. The highest BCUT2D eigenvalue weighted by Gasteiger charge is 2.08. The number of nitrogens with zero attached hydrogens (tertiary/aromatic N) is 6. The molecule has 1 N–H and O–H groups in total. The number of aryl methyl sites for hydroxylation is 2. The molecule has 9 heteroatoms.